The maximum atomic E-state index is 12.6. The van der Waals surface area contributed by atoms with E-state index in [4.69, 9.17) is 16.2 Å². The van der Waals surface area contributed by atoms with E-state index in [1.54, 1.807) is 30.4 Å². The molecular formula is C16H20N4O3. The molecule has 0 aliphatic heterocycles. The van der Waals surface area contributed by atoms with Crippen LogP contribution in [0.1, 0.15) is 12.0 Å². The Hall–Kier alpha value is -2.67. The molecule has 7 heteroatoms. The summed E-state index contributed by atoms with van der Waals surface area (Å²) in [6.07, 6.45) is 4.32. The number of hydrogen-bond donors (Lipinski definition) is 2. The summed E-state index contributed by atoms with van der Waals surface area (Å²) in [5.41, 5.74) is 11.8. The number of rotatable bonds is 7. The van der Waals surface area contributed by atoms with E-state index in [1.165, 1.54) is 11.7 Å². The fourth-order valence-corrected chi connectivity index (χ4v) is 2.26. The van der Waals surface area contributed by atoms with Gasteiger partial charge in [-0.3, -0.25) is 14.2 Å². The van der Waals surface area contributed by atoms with E-state index in [1.807, 2.05) is 0 Å². The van der Waals surface area contributed by atoms with E-state index in [0.29, 0.717) is 30.4 Å². The highest BCUT2D eigenvalue weighted by atomic mass is 16.5. The summed E-state index contributed by atoms with van der Waals surface area (Å²) in [6.45, 7) is 0.743. The molecule has 0 spiro atoms. The first-order chi connectivity index (χ1) is 11.1. The third-order valence-electron chi connectivity index (χ3n) is 3.42. The van der Waals surface area contributed by atoms with Crippen LogP contribution in [0.25, 0.3) is 10.9 Å². The number of fused-ring (bicyclic) bond motifs is 1. The molecule has 122 valence electrons. The topological polar surface area (TPSA) is 113 Å². The third-order valence-corrected chi connectivity index (χ3v) is 3.42. The van der Waals surface area contributed by atoms with Gasteiger partial charge < -0.3 is 16.2 Å². The molecule has 0 radical (unpaired) electrons. The van der Waals surface area contributed by atoms with Gasteiger partial charge >= 0.3 is 0 Å². The van der Waals surface area contributed by atoms with Crippen molar-refractivity contribution >= 4 is 16.8 Å². The molecule has 0 bridgehead atoms. The molecule has 1 aromatic heterocycles. The molecule has 0 aliphatic rings. The number of aryl methyl sites for hydroxylation is 1. The quantitative estimate of drug-likeness (QED) is 0.715. The van der Waals surface area contributed by atoms with Crippen LogP contribution in [0, 0.1) is 0 Å². The van der Waals surface area contributed by atoms with Gasteiger partial charge in [0.05, 0.1) is 18.0 Å². The minimum Gasteiger partial charge on any atom is -0.468 e. The fourth-order valence-electron chi connectivity index (χ4n) is 2.26. The number of allylic oxidation sites excluding steroid dienone is 1. The van der Waals surface area contributed by atoms with Gasteiger partial charge in [-0.1, -0.05) is 18.2 Å². The summed E-state index contributed by atoms with van der Waals surface area (Å²) < 4.78 is 6.66. The summed E-state index contributed by atoms with van der Waals surface area (Å²) >= 11 is 0. The van der Waals surface area contributed by atoms with Crippen LogP contribution in [0.3, 0.4) is 0 Å². The zero-order chi connectivity index (χ0) is 16.8. The molecule has 2 rings (SSSR count). The van der Waals surface area contributed by atoms with E-state index in [0.717, 1.165) is 5.56 Å². The van der Waals surface area contributed by atoms with Crippen molar-refractivity contribution in [3.05, 3.63) is 46.3 Å². The van der Waals surface area contributed by atoms with Crippen molar-refractivity contribution in [3.8, 4) is 6.01 Å². The predicted octanol–water partition coefficient (Wildman–Crippen LogP) is 0.338. The second-order valence-corrected chi connectivity index (χ2v) is 5.04. The highest BCUT2D eigenvalue weighted by molar-refractivity contribution is 5.79. The van der Waals surface area contributed by atoms with Crippen molar-refractivity contribution in [1.82, 2.24) is 9.55 Å². The smallest absolute Gasteiger partial charge is 0.299 e. The highest BCUT2D eigenvalue weighted by Crippen LogP contribution is 2.16. The molecule has 0 fully saturated rings. The van der Waals surface area contributed by atoms with Crippen LogP contribution in [0.5, 0.6) is 6.01 Å². The van der Waals surface area contributed by atoms with Gasteiger partial charge in [-0.05, 0) is 24.1 Å². The molecule has 0 saturated carbocycles. The van der Waals surface area contributed by atoms with Crippen LogP contribution in [0.2, 0.25) is 0 Å². The highest BCUT2D eigenvalue weighted by Gasteiger charge is 2.11. The maximum Gasteiger partial charge on any atom is 0.299 e. The summed E-state index contributed by atoms with van der Waals surface area (Å²) in [4.78, 5) is 27.8. The minimum absolute atomic E-state index is 0.185. The Kier molecular flexibility index (Phi) is 5.48. The first-order valence-electron chi connectivity index (χ1n) is 7.27. The van der Waals surface area contributed by atoms with Crippen LogP contribution in [-0.2, 0) is 17.8 Å². The third kappa shape index (κ3) is 3.95. The van der Waals surface area contributed by atoms with Gasteiger partial charge in [0.15, 0.2) is 0 Å². The van der Waals surface area contributed by atoms with Gasteiger partial charge in [-0.15, -0.1) is 0 Å². The first kappa shape index (κ1) is 16.7. The number of nitrogens with two attached hydrogens (primary N) is 2. The normalized spacial score (nSPS) is 11.2. The predicted molar refractivity (Wildman–Crippen MR) is 88.3 cm³/mol. The number of ether oxygens (including phenoxy) is 1. The summed E-state index contributed by atoms with van der Waals surface area (Å²) in [7, 11) is 1.47. The number of nitrogens with zero attached hydrogens (tertiary/aromatic N) is 2. The molecule has 2 aromatic rings. The van der Waals surface area contributed by atoms with E-state index in [-0.39, 0.29) is 23.9 Å². The van der Waals surface area contributed by atoms with Crippen molar-refractivity contribution in [3.63, 3.8) is 0 Å². The average molecular weight is 316 g/mol. The van der Waals surface area contributed by atoms with Crippen molar-refractivity contribution in [2.24, 2.45) is 11.5 Å². The van der Waals surface area contributed by atoms with Crippen LogP contribution in [0.15, 0.2) is 35.1 Å². The zero-order valence-electron chi connectivity index (χ0n) is 13.0. The maximum absolute atomic E-state index is 12.6. The van der Waals surface area contributed by atoms with Crippen LogP contribution >= 0.6 is 0 Å². The zero-order valence-corrected chi connectivity index (χ0v) is 13.0. The van der Waals surface area contributed by atoms with Gasteiger partial charge in [-0.25, -0.2) is 0 Å². The lowest BCUT2D eigenvalue weighted by molar-refractivity contribution is -0.117. The summed E-state index contributed by atoms with van der Waals surface area (Å²) in [5.74, 6) is -0.363. The molecule has 1 heterocycles. The molecule has 23 heavy (non-hydrogen) atoms. The monoisotopic (exact) mass is 316 g/mol. The molecule has 0 atom stereocenters. The van der Waals surface area contributed by atoms with Gasteiger partial charge in [0.1, 0.15) is 0 Å². The van der Waals surface area contributed by atoms with Crippen LogP contribution < -0.4 is 21.8 Å². The first-order valence-corrected chi connectivity index (χ1v) is 7.27. The van der Waals surface area contributed by atoms with Crippen molar-refractivity contribution < 1.29 is 9.53 Å². The average Bonchev–Trinajstić information content (AvgIpc) is 2.54. The van der Waals surface area contributed by atoms with Gasteiger partial charge in [0, 0.05) is 19.5 Å². The van der Waals surface area contributed by atoms with Crippen molar-refractivity contribution in [2.75, 3.05) is 13.7 Å². The lowest BCUT2D eigenvalue weighted by atomic mass is 10.1. The number of carbonyl (C=O) groups is 1. The fraction of sp³-hybridized carbons (Fsp3) is 0.312. The molecule has 7 nitrogen and oxygen atoms in total. The molecular weight excluding hydrogens is 296 g/mol. The number of carbonyl (C=O) groups excluding carboxylic acids is 1. The Morgan fingerprint density at radius 3 is 2.83 bits per heavy atom. The SMILES string of the molecule is COc1nc2cc(CCC(N)=O)ccc2c(=O)n1C/C=C/CN. The Morgan fingerprint density at radius 1 is 1.39 bits per heavy atom. The van der Waals surface area contributed by atoms with Crippen LogP contribution in [-0.4, -0.2) is 29.1 Å². The molecule has 1 aromatic carbocycles. The van der Waals surface area contributed by atoms with Gasteiger partial charge in [-0.2, -0.15) is 4.98 Å². The van der Waals surface area contributed by atoms with E-state index < -0.39 is 0 Å². The van der Waals surface area contributed by atoms with E-state index in [9.17, 15) is 9.59 Å². The van der Waals surface area contributed by atoms with Crippen LogP contribution in [0.4, 0.5) is 0 Å². The lowest BCUT2D eigenvalue weighted by Crippen LogP contribution is -2.22. The lowest BCUT2D eigenvalue weighted by Gasteiger charge is -2.11. The van der Waals surface area contributed by atoms with Gasteiger partial charge in [0.2, 0.25) is 5.91 Å². The van der Waals surface area contributed by atoms with E-state index in [2.05, 4.69) is 4.98 Å². The largest absolute Gasteiger partial charge is 0.468 e. The molecule has 4 N–H and O–H groups in total. The van der Waals surface area contributed by atoms with E-state index >= 15 is 0 Å². The summed E-state index contributed by atoms with van der Waals surface area (Å²) in [6, 6.07) is 5.53. The van der Waals surface area contributed by atoms with Crippen molar-refractivity contribution in [2.45, 2.75) is 19.4 Å². The standard InChI is InChI=1S/C16H20N4O3/c1-23-16-19-13-10-11(5-7-14(18)21)4-6-12(13)15(22)20(16)9-3-2-8-17/h2-4,6,10H,5,7-9,17H2,1H3,(H2,18,21)/b3-2+. The molecule has 1 amide bonds. The number of amides is 1. The Labute approximate surface area is 133 Å². The molecule has 0 saturated heterocycles. The van der Waals surface area contributed by atoms with Crippen molar-refractivity contribution in [1.29, 1.82) is 0 Å². The number of benzene rings is 1. The second kappa shape index (κ2) is 7.55. The Morgan fingerprint density at radius 2 is 2.17 bits per heavy atom. The number of aromatic nitrogens is 2. The Balaban J connectivity index is 2.45. The summed E-state index contributed by atoms with van der Waals surface area (Å²) in [5, 5.41) is 0.495. The number of methoxy groups -OCH3 is 1. The molecule has 0 unspecified atom stereocenters. The molecule has 0 aliphatic carbocycles. The minimum atomic E-state index is -0.363. The Bertz CT molecular complexity index is 796. The second-order valence-electron chi connectivity index (χ2n) is 5.04. The van der Waals surface area contributed by atoms with Gasteiger partial charge in [0.25, 0.3) is 11.6 Å². The number of hydrogen-bond acceptors (Lipinski definition) is 5. The number of primary amides is 1.